The molecule has 3 nitrogen and oxygen atoms in total. The minimum absolute atomic E-state index is 0.0345. The van der Waals surface area contributed by atoms with Gasteiger partial charge >= 0.3 is 0 Å². The zero-order valence-corrected chi connectivity index (χ0v) is 12.4. The van der Waals surface area contributed by atoms with Gasteiger partial charge in [-0.1, -0.05) is 36.4 Å². The summed E-state index contributed by atoms with van der Waals surface area (Å²) in [6.45, 7) is 2.06. The fourth-order valence-electron chi connectivity index (χ4n) is 2.43. The van der Waals surface area contributed by atoms with E-state index in [1.54, 1.807) is 18.2 Å². The van der Waals surface area contributed by atoms with E-state index in [4.69, 9.17) is 10.6 Å². The van der Waals surface area contributed by atoms with Gasteiger partial charge in [0.2, 0.25) is 0 Å². The van der Waals surface area contributed by atoms with Crippen LogP contribution in [0.1, 0.15) is 16.7 Å². The van der Waals surface area contributed by atoms with Crippen molar-refractivity contribution < 1.29 is 9.13 Å². The molecule has 0 aliphatic carbocycles. The molecule has 4 heteroatoms. The second-order valence-corrected chi connectivity index (χ2v) is 5.13. The predicted molar refractivity (Wildman–Crippen MR) is 82.7 cm³/mol. The third kappa shape index (κ3) is 3.80. The first-order chi connectivity index (χ1) is 10.2. The summed E-state index contributed by atoms with van der Waals surface area (Å²) < 4.78 is 19.2. The quantitative estimate of drug-likeness (QED) is 0.635. The van der Waals surface area contributed by atoms with Crippen LogP contribution in [0.25, 0.3) is 0 Å². The summed E-state index contributed by atoms with van der Waals surface area (Å²) in [6, 6.07) is 13.3. The van der Waals surface area contributed by atoms with E-state index in [-0.39, 0.29) is 17.6 Å². The summed E-state index contributed by atoms with van der Waals surface area (Å²) in [5.41, 5.74) is 5.81. The lowest BCUT2D eigenvalue weighted by atomic mass is 9.96. The Kier molecular flexibility index (Phi) is 5.31. The lowest BCUT2D eigenvalue weighted by Crippen LogP contribution is -2.38. The van der Waals surface area contributed by atoms with Crippen LogP contribution in [0.15, 0.2) is 42.5 Å². The molecule has 0 aliphatic rings. The van der Waals surface area contributed by atoms with Crippen LogP contribution in [-0.4, -0.2) is 13.2 Å². The Bertz CT molecular complexity index is 601. The molecule has 0 fully saturated rings. The van der Waals surface area contributed by atoms with Crippen LogP contribution in [-0.2, 0) is 12.8 Å². The minimum Gasteiger partial charge on any atom is -0.494 e. The summed E-state index contributed by atoms with van der Waals surface area (Å²) in [5.74, 6) is 5.58. The van der Waals surface area contributed by atoms with Crippen molar-refractivity contribution in [3.8, 4) is 5.75 Å². The Morgan fingerprint density at radius 1 is 1.10 bits per heavy atom. The molecule has 0 saturated heterocycles. The highest BCUT2D eigenvalue weighted by Gasteiger charge is 2.15. The van der Waals surface area contributed by atoms with Crippen molar-refractivity contribution in [1.82, 2.24) is 5.43 Å². The number of hydrazine groups is 1. The molecule has 0 bridgehead atoms. The van der Waals surface area contributed by atoms with Crippen LogP contribution in [0.4, 0.5) is 4.39 Å². The van der Waals surface area contributed by atoms with Gasteiger partial charge in [0.1, 0.15) is 0 Å². The van der Waals surface area contributed by atoms with Crippen LogP contribution in [0, 0.1) is 12.7 Å². The third-order valence-corrected chi connectivity index (χ3v) is 3.69. The molecule has 112 valence electrons. The number of nitrogens with one attached hydrogen (secondary N) is 1. The van der Waals surface area contributed by atoms with Crippen molar-refractivity contribution in [2.24, 2.45) is 5.84 Å². The Morgan fingerprint density at radius 3 is 2.43 bits per heavy atom. The average molecular weight is 288 g/mol. The van der Waals surface area contributed by atoms with Crippen LogP contribution < -0.4 is 16.0 Å². The van der Waals surface area contributed by atoms with Crippen molar-refractivity contribution >= 4 is 0 Å². The smallest absolute Gasteiger partial charge is 0.168 e. The molecule has 0 heterocycles. The largest absolute Gasteiger partial charge is 0.494 e. The highest BCUT2D eigenvalue weighted by Crippen LogP contribution is 2.22. The maximum absolute atomic E-state index is 14.2. The zero-order valence-electron chi connectivity index (χ0n) is 12.4. The van der Waals surface area contributed by atoms with E-state index < -0.39 is 0 Å². The van der Waals surface area contributed by atoms with Gasteiger partial charge < -0.3 is 4.74 Å². The molecule has 0 saturated carbocycles. The molecular formula is C17H21FN2O. The highest BCUT2D eigenvalue weighted by atomic mass is 19.1. The lowest BCUT2D eigenvalue weighted by molar-refractivity contribution is 0.382. The highest BCUT2D eigenvalue weighted by molar-refractivity contribution is 5.32. The Hall–Kier alpha value is -1.91. The van der Waals surface area contributed by atoms with E-state index in [1.807, 2.05) is 12.1 Å². The van der Waals surface area contributed by atoms with E-state index in [1.165, 1.54) is 18.2 Å². The Morgan fingerprint density at radius 2 is 1.76 bits per heavy atom. The Balaban J connectivity index is 2.15. The molecule has 1 unspecified atom stereocenters. The first-order valence-corrected chi connectivity index (χ1v) is 6.97. The molecule has 0 amide bonds. The van der Waals surface area contributed by atoms with Gasteiger partial charge in [-0.05, 0) is 42.5 Å². The molecule has 2 aromatic carbocycles. The van der Waals surface area contributed by atoms with Crippen LogP contribution in [0.2, 0.25) is 0 Å². The van der Waals surface area contributed by atoms with Crippen LogP contribution in [0.5, 0.6) is 5.75 Å². The lowest BCUT2D eigenvalue weighted by Gasteiger charge is -2.18. The van der Waals surface area contributed by atoms with Crippen molar-refractivity contribution in [2.45, 2.75) is 25.8 Å². The van der Waals surface area contributed by atoms with Crippen molar-refractivity contribution in [2.75, 3.05) is 7.11 Å². The third-order valence-electron chi connectivity index (χ3n) is 3.69. The number of hydrogen-bond donors (Lipinski definition) is 2. The molecule has 0 aliphatic heterocycles. The number of nitrogens with two attached hydrogens (primary N) is 1. The summed E-state index contributed by atoms with van der Waals surface area (Å²) in [5, 5.41) is 0. The van der Waals surface area contributed by atoms with E-state index in [2.05, 4.69) is 24.5 Å². The van der Waals surface area contributed by atoms with Crippen molar-refractivity contribution in [1.29, 1.82) is 0 Å². The number of benzene rings is 2. The molecule has 0 aromatic heterocycles. The van der Waals surface area contributed by atoms with Gasteiger partial charge in [0.05, 0.1) is 7.11 Å². The molecule has 0 spiro atoms. The molecule has 2 rings (SSSR count). The monoisotopic (exact) mass is 288 g/mol. The SMILES string of the molecule is COc1cccc(CC(Cc2ccccc2C)NN)c1F. The summed E-state index contributed by atoms with van der Waals surface area (Å²) >= 11 is 0. The number of halogens is 1. The van der Waals surface area contributed by atoms with Gasteiger partial charge in [0, 0.05) is 6.04 Å². The van der Waals surface area contributed by atoms with Crippen molar-refractivity contribution in [3.05, 3.63) is 65.0 Å². The van der Waals surface area contributed by atoms with Crippen molar-refractivity contribution in [3.63, 3.8) is 0 Å². The van der Waals surface area contributed by atoms with Crippen LogP contribution in [0.3, 0.4) is 0 Å². The van der Waals surface area contributed by atoms with Gasteiger partial charge in [-0.15, -0.1) is 0 Å². The fraction of sp³-hybridized carbons (Fsp3) is 0.294. The number of rotatable bonds is 6. The maximum Gasteiger partial charge on any atom is 0.168 e. The molecule has 3 N–H and O–H groups in total. The van der Waals surface area contributed by atoms with Gasteiger partial charge in [-0.25, -0.2) is 4.39 Å². The predicted octanol–water partition coefficient (Wildman–Crippen LogP) is 2.76. The number of hydrogen-bond acceptors (Lipinski definition) is 3. The molecule has 2 aromatic rings. The summed E-state index contributed by atoms with van der Waals surface area (Å²) in [4.78, 5) is 0. The second kappa shape index (κ2) is 7.20. The number of aryl methyl sites for hydroxylation is 1. The van der Waals surface area contributed by atoms with E-state index in [0.717, 1.165) is 6.42 Å². The normalized spacial score (nSPS) is 12.2. The standard InChI is InChI=1S/C17H21FN2O/c1-12-6-3-4-7-13(12)10-15(20-19)11-14-8-5-9-16(21-2)17(14)18/h3-9,15,20H,10-11,19H2,1-2H3. The maximum atomic E-state index is 14.2. The van der Waals surface area contributed by atoms with E-state index in [0.29, 0.717) is 12.0 Å². The van der Waals surface area contributed by atoms with E-state index in [9.17, 15) is 4.39 Å². The number of methoxy groups -OCH3 is 1. The molecule has 21 heavy (non-hydrogen) atoms. The molecule has 0 radical (unpaired) electrons. The van der Waals surface area contributed by atoms with Gasteiger partial charge in [-0.2, -0.15) is 0 Å². The first kappa shape index (κ1) is 15.5. The van der Waals surface area contributed by atoms with Gasteiger partial charge in [-0.3, -0.25) is 11.3 Å². The fourth-order valence-corrected chi connectivity index (χ4v) is 2.43. The minimum atomic E-state index is -0.315. The first-order valence-electron chi connectivity index (χ1n) is 6.97. The van der Waals surface area contributed by atoms with Gasteiger partial charge in [0.15, 0.2) is 11.6 Å². The zero-order chi connectivity index (χ0) is 15.2. The molecular weight excluding hydrogens is 267 g/mol. The number of ether oxygens (including phenoxy) is 1. The second-order valence-electron chi connectivity index (χ2n) is 5.13. The van der Waals surface area contributed by atoms with Crippen LogP contribution >= 0.6 is 0 Å². The average Bonchev–Trinajstić information content (AvgIpc) is 2.50. The van der Waals surface area contributed by atoms with E-state index >= 15 is 0 Å². The van der Waals surface area contributed by atoms with Gasteiger partial charge in [0.25, 0.3) is 0 Å². The topological polar surface area (TPSA) is 47.3 Å². The molecule has 1 atom stereocenters. The summed E-state index contributed by atoms with van der Waals surface area (Å²) in [7, 11) is 1.47. The summed E-state index contributed by atoms with van der Waals surface area (Å²) in [6.07, 6.45) is 1.26. The Labute approximate surface area is 124 Å².